The number of hydrogen-bond donors (Lipinski definition) is 5. The Bertz CT molecular complexity index is 1040. The van der Waals surface area contributed by atoms with Gasteiger partial charge in [0.25, 0.3) is 0 Å². The lowest BCUT2D eigenvalue weighted by molar-refractivity contribution is -0.243. The molecule has 0 amide bonds. The fraction of sp³-hybridized carbons (Fsp3) is 0.867. The van der Waals surface area contributed by atoms with Crippen LogP contribution in [-0.2, 0) is 9.59 Å². The number of aliphatic hydroxyl groups is 3. The third-order valence-electron chi connectivity index (χ3n) is 13.4. The normalized spacial score (nSPS) is 55.1. The number of fused-ring (bicyclic) bond motifs is 7. The van der Waals surface area contributed by atoms with E-state index in [4.69, 9.17) is 0 Å². The van der Waals surface area contributed by atoms with Gasteiger partial charge in [-0.1, -0.05) is 39.3 Å². The Kier molecular flexibility index (Phi) is 5.90. The number of carbonyl (C=O) groups is 2. The first-order valence-electron chi connectivity index (χ1n) is 14.2. The molecule has 5 aliphatic carbocycles. The molecule has 0 heterocycles. The van der Waals surface area contributed by atoms with Crippen LogP contribution in [0.5, 0.6) is 0 Å². The molecule has 7 nitrogen and oxygen atoms in total. The van der Waals surface area contributed by atoms with Crippen LogP contribution in [0.3, 0.4) is 0 Å². The molecular formula is C30H46O7. The number of hydrogen-bond acceptors (Lipinski definition) is 5. The van der Waals surface area contributed by atoms with Crippen LogP contribution in [0.4, 0.5) is 0 Å². The third-order valence-corrected chi connectivity index (χ3v) is 13.4. The molecular weight excluding hydrogens is 472 g/mol. The van der Waals surface area contributed by atoms with E-state index in [9.17, 15) is 35.1 Å². The summed E-state index contributed by atoms with van der Waals surface area (Å²) in [6.07, 6.45) is 5.76. The van der Waals surface area contributed by atoms with Crippen molar-refractivity contribution in [1.82, 2.24) is 0 Å². The van der Waals surface area contributed by atoms with Gasteiger partial charge in [-0.05, 0) is 98.7 Å². The molecule has 0 aliphatic heterocycles. The molecule has 37 heavy (non-hydrogen) atoms. The van der Waals surface area contributed by atoms with E-state index < -0.39 is 40.4 Å². The molecule has 4 fully saturated rings. The Hall–Kier alpha value is -1.44. The van der Waals surface area contributed by atoms with Gasteiger partial charge >= 0.3 is 11.9 Å². The Labute approximate surface area is 220 Å². The molecule has 0 aromatic rings. The highest BCUT2D eigenvalue weighted by Crippen LogP contribution is 2.75. The lowest BCUT2D eigenvalue weighted by atomic mass is 9.33. The fourth-order valence-corrected chi connectivity index (χ4v) is 10.8. The van der Waals surface area contributed by atoms with E-state index in [2.05, 4.69) is 26.8 Å². The van der Waals surface area contributed by atoms with Crippen LogP contribution in [-0.4, -0.2) is 56.3 Å². The van der Waals surface area contributed by atoms with Crippen molar-refractivity contribution in [1.29, 1.82) is 0 Å². The molecule has 208 valence electrons. The second-order valence-corrected chi connectivity index (χ2v) is 14.8. The number of allylic oxidation sites excluding steroid dienone is 2. The molecule has 7 heteroatoms. The van der Waals surface area contributed by atoms with E-state index >= 15 is 0 Å². The zero-order valence-corrected chi connectivity index (χ0v) is 23.1. The Morgan fingerprint density at radius 1 is 0.892 bits per heavy atom. The Balaban J connectivity index is 1.61. The number of aliphatic hydroxyl groups excluding tert-OH is 3. The van der Waals surface area contributed by atoms with Crippen LogP contribution < -0.4 is 0 Å². The van der Waals surface area contributed by atoms with Gasteiger partial charge in [-0.3, -0.25) is 9.59 Å². The van der Waals surface area contributed by atoms with Crippen LogP contribution in [0.25, 0.3) is 0 Å². The summed E-state index contributed by atoms with van der Waals surface area (Å²) in [6, 6.07) is 0. The monoisotopic (exact) mass is 518 g/mol. The molecule has 5 rings (SSSR count). The molecule has 0 saturated heterocycles. The lowest BCUT2D eigenvalue weighted by Crippen LogP contribution is -2.68. The zero-order chi connectivity index (χ0) is 27.4. The fourth-order valence-electron chi connectivity index (χ4n) is 10.8. The summed E-state index contributed by atoms with van der Waals surface area (Å²) in [5.41, 5.74) is -2.21. The summed E-state index contributed by atoms with van der Waals surface area (Å²) in [4.78, 5) is 25.1. The predicted octanol–water partition coefficient (Wildman–Crippen LogP) is 4.24. The van der Waals surface area contributed by atoms with Gasteiger partial charge < -0.3 is 25.5 Å². The standard InChI is InChI=1S/C30H46O7/c1-25(23(34)35)10-12-30(24(36)37)13-11-28(4)17(18(30)14-25)6-7-21-26(2)15-19(32)22(33)27(3,16-31)20(26)8-9-29(21,28)5/h6,18-22,31-33H,7-16H2,1-5H3,(H,34,35)(H,36,37)/t18-,19-,20?,21-,22-,25?,26+,27?,28-,29-,30+/m1/s1. The summed E-state index contributed by atoms with van der Waals surface area (Å²) < 4.78 is 0. The summed E-state index contributed by atoms with van der Waals surface area (Å²) in [5, 5.41) is 52.9. The largest absolute Gasteiger partial charge is 0.481 e. The van der Waals surface area contributed by atoms with Gasteiger partial charge in [0.2, 0.25) is 0 Å². The molecule has 0 aromatic heterocycles. The van der Waals surface area contributed by atoms with E-state index in [0.717, 1.165) is 31.3 Å². The van der Waals surface area contributed by atoms with E-state index in [1.165, 1.54) is 0 Å². The van der Waals surface area contributed by atoms with Crippen LogP contribution in [0.1, 0.15) is 92.4 Å². The number of rotatable bonds is 3. The minimum absolute atomic E-state index is 0.0618. The Morgan fingerprint density at radius 2 is 1.54 bits per heavy atom. The molecule has 0 spiro atoms. The second-order valence-electron chi connectivity index (χ2n) is 14.8. The first kappa shape index (κ1) is 27.1. The smallest absolute Gasteiger partial charge is 0.310 e. The first-order valence-corrected chi connectivity index (χ1v) is 14.2. The van der Waals surface area contributed by atoms with Gasteiger partial charge in [0.05, 0.1) is 29.6 Å². The molecule has 5 N–H and O–H groups in total. The summed E-state index contributed by atoms with van der Waals surface area (Å²) in [7, 11) is 0. The SMILES string of the molecule is CC1(C(=O)O)CC[C@]2(C(=O)O)CC[C@]3(C)C(=CC[C@@H]4[C@@]5(C)C[C@@H](O)[C@@H](O)C(C)(CO)C5CC[C@]43C)[C@H]2C1. The van der Waals surface area contributed by atoms with Gasteiger partial charge in [-0.15, -0.1) is 0 Å². The van der Waals surface area contributed by atoms with Gasteiger partial charge in [0.15, 0.2) is 0 Å². The van der Waals surface area contributed by atoms with Crippen molar-refractivity contribution < 1.29 is 35.1 Å². The number of aliphatic carboxylic acids is 2. The van der Waals surface area contributed by atoms with Crippen LogP contribution in [0.15, 0.2) is 11.6 Å². The van der Waals surface area contributed by atoms with Crippen molar-refractivity contribution in [2.75, 3.05) is 6.61 Å². The van der Waals surface area contributed by atoms with Gasteiger partial charge in [-0.25, -0.2) is 0 Å². The van der Waals surface area contributed by atoms with Crippen molar-refractivity contribution in [3.8, 4) is 0 Å². The van der Waals surface area contributed by atoms with Crippen molar-refractivity contribution in [2.24, 2.45) is 50.2 Å². The van der Waals surface area contributed by atoms with Crippen LogP contribution in [0, 0.1) is 50.2 Å². The zero-order valence-electron chi connectivity index (χ0n) is 23.1. The number of carboxylic acids is 2. The summed E-state index contributed by atoms with van der Waals surface area (Å²) in [5.74, 6) is -1.67. The maximum atomic E-state index is 12.8. The summed E-state index contributed by atoms with van der Waals surface area (Å²) >= 11 is 0. The molecule has 5 aliphatic rings. The second kappa shape index (κ2) is 8.04. The van der Waals surface area contributed by atoms with Gasteiger partial charge in [-0.2, -0.15) is 0 Å². The maximum absolute atomic E-state index is 12.8. The number of carboxylic acid groups (broad SMARTS) is 2. The average molecular weight is 519 g/mol. The average Bonchev–Trinajstić information content (AvgIpc) is 2.82. The molecule has 0 bridgehead atoms. The minimum Gasteiger partial charge on any atom is -0.481 e. The molecule has 0 aromatic carbocycles. The lowest BCUT2D eigenvalue weighted by Gasteiger charge is -2.71. The maximum Gasteiger partial charge on any atom is 0.310 e. The third kappa shape index (κ3) is 3.17. The van der Waals surface area contributed by atoms with Crippen molar-refractivity contribution in [3.63, 3.8) is 0 Å². The van der Waals surface area contributed by atoms with Crippen molar-refractivity contribution in [2.45, 2.75) is 105 Å². The highest BCUT2D eigenvalue weighted by Gasteiger charge is 2.71. The van der Waals surface area contributed by atoms with Crippen LogP contribution >= 0.6 is 0 Å². The van der Waals surface area contributed by atoms with E-state index in [-0.39, 0.29) is 40.6 Å². The van der Waals surface area contributed by atoms with Gasteiger partial charge in [0.1, 0.15) is 0 Å². The minimum atomic E-state index is -0.966. The van der Waals surface area contributed by atoms with Crippen LogP contribution in [0.2, 0.25) is 0 Å². The Morgan fingerprint density at radius 3 is 2.14 bits per heavy atom. The molecule has 3 unspecified atom stereocenters. The predicted molar refractivity (Wildman–Crippen MR) is 137 cm³/mol. The molecule has 0 radical (unpaired) electrons. The van der Waals surface area contributed by atoms with E-state index in [0.29, 0.717) is 32.1 Å². The van der Waals surface area contributed by atoms with Crippen molar-refractivity contribution >= 4 is 11.9 Å². The highest BCUT2D eigenvalue weighted by atomic mass is 16.4. The van der Waals surface area contributed by atoms with Gasteiger partial charge in [0, 0.05) is 5.41 Å². The highest BCUT2D eigenvalue weighted by molar-refractivity contribution is 5.79. The van der Waals surface area contributed by atoms with E-state index in [1.54, 1.807) is 6.92 Å². The topological polar surface area (TPSA) is 135 Å². The molecule has 4 saturated carbocycles. The van der Waals surface area contributed by atoms with Crippen molar-refractivity contribution in [3.05, 3.63) is 11.6 Å². The summed E-state index contributed by atoms with van der Waals surface area (Å²) in [6.45, 7) is 10.4. The first-order chi connectivity index (χ1) is 17.1. The molecule has 11 atom stereocenters. The quantitative estimate of drug-likeness (QED) is 0.353. The van der Waals surface area contributed by atoms with E-state index in [1.807, 2.05) is 6.92 Å².